The number of carbonyl (C=O) groups excluding carboxylic acids is 2. The largest absolute Gasteiger partial charge is 0.283 e. The van der Waals surface area contributed by atoms with E-state index in [0.29, 0.717) is 0 Å². The molecule has 0 atom stereocenters. The summed E-state index contributed by atoms with van der Waals surface area (Å²) in [5, 5.41) is 12.8. The summed E-state index contributed by atoms with van der Waals surface area (Å²) >= 11 is 0. The minimum Gasteiger partial charge on any atom is -0.283 e. The van der Waals surface area contributed by atoms with E-state index in [0.717, 1.165) is 12.4 Å². The fraction of sp³-hybridized carbons (Fsp3) is 0. The molecule has 0 fully saturated rings. The minimum absolute atomic E-state index is 0.182. The van der Waals surface area contributed by atoms with E-state index in [1.165, 1.54) is 0 Å². The van der Waals surface area contributed by atoms with Gasteiger partial charge in [0.05, 0.1) is 0 Å². The zero-order chi connectivity index (χ0) is 9.97. The lowest BCUT2D eigenvalue weighted by Crippen LogP contribution is -2.15. The van der Waals surface area contributed by atoms with Crippen molar-refractivity contribution in [1.82, 2.24) is 20.6 Å². The van der Waals surface area contributed by atoms with Crippen molar-refractivity contribution in [3.63, 3.8) is 0 Å². The van der Waals surface area contributed by atoms with Crippen LogP contribution < -0.4 is 0 Å². The predicted molar refractivity (Wildman–Crippen MR) is 37.3 cm³/mol. The number of hydrogen-bond acceptors (Lipinski definition) is 8. The Bertz CT molecular complexity index is 402. The summed E-state index contributed by atoms with van der Waals surface area (Å²) in [5.41, 5.74) is -0.365. The third-order valence-electron chi connectivity index (χ3n) is 1.39. The van der Waals surface area contributed by atoms with Crippen LogP contribution in [0.3, 0.4) is 0 Å². The molecule has 8 heteroatoms. The Morgan fingerprint density at radius 2 is 1.36 bits per heavy atom. The molecule has 0 aliphatic carbocycles. The van der Waals surface area contributed by atoms with E-state index < -0.39 is 11.6 Å². The van der Waals surface area contributed by atoms with Gasteiger partial charge in [-0.1, -0.05) is 10.3 Å². The normalized spacial score (nSPS) is 10.0. The Kier molecular flexibility index (Phi) is 1.86. The number of aromatic nitrogens is 4. The molecule has 0 bridgehead atoms. The van der Waals surface area contributed by atoms with E-state index in [1.54, 1.807) is 0 Å². The Morgan fingerprint density at radius 3 is 1.64 bits per heavy atom. The van der Waals surface area contributed by atoms with Gasteiger partial charge in [-0.2, -0.15) is 0 Å². The number of rotatable bonds is 3. The maximum Gasteiger partial charge on any atom is 0.258 e. The molecule has 0 aliphatic rings. The zero-order valence-corrected chi connectivity index (χ0v) is 6.58. The van der Waals surface area contributed by atoms with Gasteiger partial charge in [-0.25, -0.2) is 9.26 Å². The topological polar surface area (TPSA) is 112 Å². The van der Waals surface area contributed by atoms with Crippen LogP contribution in [0.2, 0.25) is 0 Å². The SMILES string of the molecule is O=C(C(=O)c1cnon1)c1cnon1. The van der Waals surface area contributed by atoms with Gasteiger partial charge in [-0.3, -0.25) is 9.59 Å². The molecule has 0 radical (unpaired) electrons. The molecule has 0 aliphatic heterocycles. The quantitative estimate of drug-likeness (QED) is 0.475. The van der Waals surface area contributed by atoms with Gasteiger partial charge in [0.15, 0.2) is 11.4 Å². The summed E-state index contributed by atoms with van der Waals surface area (Å²) in [6.07, 6.45) is 2.07. The second-order valence-corrected chi connectivity index (χ2v) is 2.24. The summed E-state index contributed by atoms with van der Waals surface area (Å²) in [4.78, 5) is 22.6. The van der Waals surface area contributed by atoms with E-state index in [-0.39, 0.29) is 11.4 Å². The number of nitrogens with zero attached hydrogens (tertiary/aromatic N) is 4. The van der Waals surface area contributed by atoms with Crippen LogP contribution in [0, 0.1) is 0 Å². The van der Waals surface area contributed by atoms with Crippen molar-refractivity contribution in [2.75, 3.05) is 0 Å². The first-order valence-corrected chi connectivity index (χ1v) is 3.43. The second kappa shape index (κ2) is 3.17. The van der Waals surface area contributed by atoms with Crippen molar-refractivity contribution >= 4 is 11.6 Å². The molecule has 14 heavy (non-hydrogen) atoms. The van der Waals surface area contributed by atoms with Crippen LogP contribution in [0.5, 0.6) is 0 Å². The van der Waals surface area contributed by atoms with Crippen molar-refractivity contribution < 1.29 is 18.8 Å². The van der Waals surface area contributed by atoms with Crippen LogP contribution in [0.4, 0.5) is 0 Å². The van der Waals surface area contributed by atoms with E-state index >= 15 is 0 Å². The fourth-order valence-electron chi connectivity index (χ4n) is 0.762. The minimum atomic E-state index is -0.873. The Morgan fingerprint density at radius 1 is 0.929 bits per heavy atom. The summed E-state index contributed by atoms with van der Waals surface area (Å²) in [6, 6.07) is 0. The molecule has 0 amide bonds. The molecule has 0 aromatic carbocycles. The maximum absolute atomic E-state index is 11.3. The van der Waals surface area contributed by atoms with Crippen molar-refractivity contribution in [1.29, 1.82) is 0 Å². The van der Waals surface area contributed by atoms with E-state index in [1.807, 2.05) is 0 Å². The highest BCUT2D eigenvalue weighted by Gasteiger charge is 2.24. The van der Waals surface area contributed by atoms with Crippen LogP contribution in [-0.2, 0) is 0 Å². The lowest BCUT2D eigenvalue weighted by molar-refractivity contribution is 0.0805. The number of Topliss-reactive ketones (excluding diaryl/α,β-unsaturated/α-hetero) is 2. The van der Waals surface area contributed by atoms with Gasteiger partial charge in [0.1, 0.15) is 12.4 Å². The first kappa shape index (κ1) is 8.23. The number of hydrogen-bond donors (Lipinski definition) is 0. The smallest absolute Gasteiger partial charge is 0.258 e. The first-order valence-electron chi connectivity index (χ1n) is 3.43. The molecule has 2 rings (SSSR count). The van der Waals surface area contributed by atoms with Gasteiger partial charge < -0.3 is 0 Å². The molecule has 2 aromatic rings. The lowest BCUT2D eigenvalue weighted by Gasteiger charge is -1.87. The molecule has 2 heterocycles. The van der Waals surface area contributed by atoms with Gasteiger partial charge in [0.25, 0.3) is 11.6 Å². The van der Waals surface area contributed by atoms with E-state index in [9.17, 15) is 9.59 Å². The Hall–Kier alpha value is -2.38. The summed E-state index contributed by atoms with van der Waals surface area (Å²) in [6.45, 7) is 0. The average Bonchev–Trinajstić information content (AvgIpc) is 2.87. The molecule has 0 N–H and O–H groups in total. The Labute approximate surface area is 75.8 Å². The Balaban J connectivity index is 2.26. The lowest BCUT2D eigenvalue weighted by atomic mass is 10.2. The number of ketones is 2. The third kappa shape index (κ3) is 1.28. The van der Waals surface area contributed by atoms with E-state index in [4.69, 9.17) is 0 Å². The second-order valence-electron chi connectivity index (χ2n) is 2.24. The van der Waals surface area contributed by atoms with Crippen molar-refractivity contribution in [3.8, 4) is 0 Å². The van der Waals surface area contributed by atoms with Gasteiger partial charge >= 0.3 is 0 Å². The predicted octanol–water partition coefficient (Wildman–Crippen LogP) is -0.482. The highest BCUT2D eigenvalue weighted by molar-refractivity contribution is 6.48. The van der Waals surface area contributed by atoms with Crippen LogP contribution in [0.15, 0.2) is 21.7 Å². The van der Waals surface area contributed by atoms with Gasteiger partial charge in [0.2, 0.25) is 0 Å². The standard InChI is InChI=1S/C6H2N4O4/c11-5(3-1-7-13-9-3)6(12)4-2-8-14-10-4/h1-2H. The molecule has 0 saturated heterocycles. The summed E-state index contributed by atoms with van der Waals surface area (Å²) < 4.78 is 8.34. The molecule has 0 saturated carbocycles. The third-order valence-corrected chi connectivity index (χ3v) is 1.39. The fourth-order valence-corrected chi connectivity index (χ4v) is 0.762. The molecule has 0 unspecified atom stereocenters. The van der Waals surface area contributed by atoms with Crippen LogP contribution >= 0.6 is 0 Å². The number of carbonyl (C=O) groups is 2. The monoisotopic (exact) mass is 194 g/mol. The van der Waals surface area contributed by atoms with Crippen molar-refractivity contribution in [2.45, 2.75) is 0 Å². The molecular weight excluding hydrogens is 192 g/mol. The molecule has 2 aromatic heterocycles. The van der Waals surface area contributed by atoms with Crippen molar-refractivity contribution in [2.24, 2.45) is 0 Å². The van der Waals surface area contributed by atoms with Gasteiger partial charge in [-0.15, -0.1) is 0 Å². The highest BCUT2D eigenvalue weighted by atomic mass is 16.6. The van der Waals surface area contributed by atoms with Gasteiger partial charge in [0, 0.05) is 0 Å². The van der Waals surface area contributed by atoms with Crippen LogP contribution in [0.1, 0.15) is 21.0 Å². The molecular formula is C6H2N4O4. The van der Waals surface area contributed by atoms with Crippen molar-refractivity contribution in [3.05, 3.63) is 23.8 Å². The molecule has 70 valence electrons. The molecule has 8 nitrogen and oxygen atoms in total. The van der Waals surface area contributed by atoms with Gasteiger partial charge in [-0.05, 0) is 10.3 Å². The highest BCUT2D eigenvalue weighted by Crippen LogP contribution is 2.01. The van der Waals surface area contributed by atoms with E-state index in [2.05, 4.69) is 29.9 Å². The zero-order valence-electron chi connectivity index (χ0n) is 6.58. The summed E-state index contributed by atoms with van der Waals surface area (Å²) in [5.74, 6) is -1.75. The maximum atomic E-state index is 11.3. The first-order chi connectivity index (χ1) is 6.79. The average molecular weight is 194 g/mol. The molecule has 0 spiro atoms. The summed E-state index contributed by atoms with van der Waals surface area (Å²) in [7, 11) is 0. The van der Waals surface area contributed by atoms with Crippen LogP contribution in [-0.4, -0.2) is 32.2 Å². The van der Waals surface area contributed by atoms with Crippen LogP contribution in [0.25, 0.3) is 0 Å².